The maximum Gasteiger partial charge on any atom is 0.410 e. The summed E-state index contributed by atoms with van der Waals surface area (Å²) < 4.78 is 33.5. The van der Waals surface area contributed by atoms with Crippen molar-refractivity contribution in [3.63, 3.8) is 0 Å². The van der Waals surface area contributed by atoms with Crippen molar-refractivity contribution >= 4 is 16.2 Å². The second kappa shape index (κ2) is 8.33. The SMILES string of the molecule is CCS(=O)(=O)OC1CCC(CCN(C)C(=O)OC(C)(C)C)CC1. The van der Waals surface area contributed by atoms with E-state index in [-0.39, 0.29) is 18.0 Å². The molecule has 0 aromatic rings. The van der Waals surface area contributed by atoms with Crippen molar-refractivity contribution in [1.29, 1.82) is 0 Å². The monoisotopic (exact) mass is 349 g/mol. The van der Waals surface area contributed by atoms with Gasteiger partial charge in [-0.3, -0.25) is 4.18 Å². The van der Waals surface area contributed by atoms with Gasteiger partial charge >= 0.3 is 6.09 Å². The molecule has 0 N–H and O–H groups in total. The van der Waals surface area contributed by atoms with Crippen LogP contribution < -0.4 is 0 Å². The van der Waals surface area contributed by atoms with E-state index in [1.54, 1.807) is 18.9 Å². The van der Waals surface area contributed by atoms with Crippen LogP contribution >= 0.6 is 0 Å². The fraction of sp³-hybridized carbons (Fsp3) is 0.938. The topological polar surface area (TPSA) is 72.9 Å². The molecule has 136 valence electrons. The van der Waals surface area contributed by atoms with E-state index in [0.29, 0.717) is 12.5 Å². The molecule has 0 atom stereocenters. The molecule has 1 rings (SSSR count). The van der Waals surface area contributed by atoms with E-state index in [1.807, 2.05) is 20.8 Å². The molecule has 0 saturated heterocycles. The zero-order valence-electron chi connectivity index (χ0n) is 15.0. The highest BCUT2D eigenvalue weighted by atomic mass is 32.2. The van der Waals surface area contributed by atoms with Crippen LogP contribution in [0.4, 0.5) is 4.79 Å². The summed E-state index contributed by atoms with van der Waals surface area (Å²) in [7, 11) is -1.61. The lowest BCUT2D eigenvalue weighted by Crippen LogP contribution is -2.35. The molecule has 1 aliphatic rings. The third-order valence-corrected chi connectivity index (χ3v) is 5.28. The van der Waals surface area contributed by atoms with Crippen LogP contribution in [0.1, 0.15) is 59.8 Å². The normalized spacial score (nSPS) is 22.7. The van der Waals surface area contributed by atoms with Crippen LogP contribution in [-0.2, 0) is 19.0 Å². The molecule has 1 aliphatic carbocycles. The van der Waals surface area contributed by atoms with E-state index in [2.05, 4.69) is 0 Å². The van der Waals surface area contributed by atoms with Gasteiger partial charge in [0.25, 0.3) is 10.1 Å². The average molecular weight is 349 g/mol. The molecule has 0 unspecified atom stereocenters. The molecule has 1 amide bonds. The molecule has 23 heavy (non-hydrogen) atoms. The van der Waals surface area contributed by atoms with Crippen LogP contribution in [0.15, 0.2) is 0 Å². The molecule has 0 radical (unpaired) electrons. The number of hydrogen-bond donors (Lipinski definition) is 0. The molecule has 1 fully saturated rings. The van der Waals surface area contributed by atoms with Gasteiger partial charge in [-0.15, -0.1) is 0 Å². The second-order valence-electron chi connectivity index (χ2n) is 7.28. The summed E-state index contributed by atoms with van der Waals surface area (Å²) in [5, 5.41) is 0. The Morgan fingerprint density at radius 3 is 2.22 bits per heavy atom. The molecular weight excluding hydrogens is 318 g/mol. The lowest BCUT2D eigenvalue weighted by molar-refractivity contribution is 0.0282. The number of carbonyl (C=O) groups excluding carboxylic acids is 1. The van der Waals surface area contributed by atoms with Crippen molar-refractivity contribution in [2.45, 2.75) is 71.5 Å². The molecule has 1 saturated carbocycles. The number of amides is 1. The van der Waals surface area contributed by atoms with E-state index >= 15 is 0 Å². The van der Waals surface area contributed by atoms with Crippen molar-refractivity contribution in [3.8, 4) is 0 Å². The highest BCUT2D eigenvalue weighted by Gasteiger charge is 2.26. The first-order valence-electron chi connectivity index (χ1n) is 8.37. The Balaban J connectivity index is 2.30. The standard InChI is InChI=1S/C16H31NO5S/c1-6-23(19,20)22-14-9-7-13(8-10-14)11-12-17(5)15(18)21-16(2,3)4/h13-14H,6-12H2,1-5H3. The minimum Gasteiger partial charge on any atom is -0.444 e. The molecular formula is C16H31NO5S. The van der Waals surface area contributed by atoms with Crippen molar-refractivity contribution in [2.75, 3.05) is 19.3 Å². The van der Waals surface area contributed by atoms with Crippen molar-refractivity contribution in [1.82, 2.24) is 4.90 Å². The third kappa shape index (κ3) is 8.01. The van der Waals surface area contributed by atoms with Crippen LogP contribution in [0.3, 0.4) is 0 Å². The zero-order valence-corrected chi connectivity index (χ0v) is 15.8. The van der Waals surface area contributed by atoms with Gasteiger partial charge in [0.2, 0.25) is 0 Å². The van der Waals surface area contributed by atoms with E-state index in [1.165, 1.54) is 0 Å². The van der Waals surface area contributed by atoms with Gasteiger partial charge in [-0.1, -0.05) is 0 Å². The van der Waals surface area contributed by atoms with Gasteiger partial charge in [-0.2, -0.15) is 8.42 Å². The van der Waals surface area contributed by atoms with Gasteiger partial charge in [-0.25, -0.2) is 4.79 Å². The van der Waals surface area contributed by atoms with Crippen LogP contribution in [0, 0.1) is 5.92 Å². The predicted molar refractivity (Wildman–Crippen MR) is 89.8 cm³/mol. The van der Waals surface area contributed by atoms with Gasteiger partial charge < -0.3 is 9.64 Å². The molecule has 0 spiro atoms. The van der Waals surface area contributed by atoms with Crippen molar-refractivity contribution < 1.29 is 22.1 Å². The number of nitrogens with zero attached hydrogens (tertiary/aromatic N) is 1. The summed E-state index contributed by atoms with van der Waals surface area (Å²) in [6.07, 6.45) is 3.82. The Kier molecular flexibility index (Phi) is 7.32. The van der Waals surface area contributed by atoms with Gasteiger partial charge in [0.05, 0.1) is 11.9 Å². The molecule has 7 heteroatoms. The first kappa shape index (κ1) is 20.2. The summed E-state index contributed by atoms with van der Waals surface area (Å²) in [5.74, 6) is 0.525. The molecule has 6 nitrogen and oxygen atoms in total. The lowest BCUT2D eigenvalue weighted by Gasteiger charge is -2.30. The number of carbonyl (C=O) groups is 1. The molecule has 0 aromatic carbocycles. The smallest absolute Gasteiger partial charge is 0.410 e. The minimum absolute atomic E-state index is 0.0214. The number of rotatable bonds is 6. The number of ether oxygens (including phenoxy) is 1. The third-order valence-electron chi connectivity index (χ3n) is 4.01. The van der Waals surface area contributed by atoms with E-state index in [4.69, 9.17) is 8.92 Å². The summed E-state index contributed by atoms with van der Waals surface area (Å²) in [6.45, 7) is 7.80. The van der Waals surface area contributed by atoms with Gasteiger partial charge in [0.1, 0.15) is 5.60 Å². The summed E-state index contributed by atoms with van der Waals surface area (Å²) in [4.78, 5) is 13.5. The Hall–Kier alpha value is -0.820. The fourth-order valence-corrected chi connectivity index (χ4v) is 3.34. The van der Waals surface area contributed by atoms with Crippen LogP contribution in [0.2, 0.25) is 0 Å². The summed E-state index contributed by atoms with van der Waals surface area (Å²) in [5.41, 5.74) is -0.481. The zero-order chi connectivity index (χ0) is 17.7. The Bertz CT molecular complexity index is 475. The van der Waals surface area contributed by atoms with Gasteiger partial charge in [0, 0.05) is 13.6 Å². The maximum atomic E-state index is 11.9. The quantitative estimate of drug-likeness (QED) is 0.689. The van der Waals surface area contributed by atoms with E-state index < -0.39 is 15.7 Å². The van der Waals surface area contributed by atoms with Crippen molar-refractivity contribution in [3.05, 3.63) is 0 Å². The first-order chi connectivity index (χ1) is 10.5. The van der Waals surface area contributed by atoms with Crippen molar-refractivity contribution in [2.24, 2.45) is 5.92 Å². The average Bonchev–Trinajstić information content (AvgIpc) is 2.44. The Morgan fingerprint density at radius 1 is 1.17 bits per heavy atom. The Morgan fingerprint density at radius 2 is 1.74 bits per heavy atom. The Labute approximate surface area is 140 Å². The highest BCUT2D eigenvalue weighted by molar-refractivity contribution is 7.86. The fourth-order valence-electron chi connectivity index (χ4n) is 2.60. The van der Waals surface area contributed by atoms with E-state index in [9.17, 15) is 13.2 Å². The van der Waals surface area contributed by atoms with Crippen LogP contribution in [-0.4, -0.2) is 50.5 Å². The van der Waals surface area contributed by atoms with Crippen LogP contribution in [0.25, 0.3) is 0 Å². The summed E-state index contributed by atoms with van der Waals surface area (Å²) >= 11 is 0. The lowest BCUT2D eigenvalue weighted by atomic mass is 9.85. The minimum atomic E-state index is -3.36. The maximum absolute atomic E-state index is 11.9. The number of hydrogen-bond acceptors (Lipinski definition) is 5. The van der Waals surface area contributed by atoms with Crippen LogP contribution in [0.5, 0.6) is 0 Å². The molecule has 0 aliphatic heterocycles. The van der Waals surface area contributed by atoms with E-state index in [0.717, 1.165) is 32.1 Å². The largest absolute Gasteiger partial charge is 0.444 e. The predicted octanol–water partition coefficient (Wildman–Crippen LogP) is 3.17. The molecule has 0 bridgehead atoms. The highest BCUT2D eigenvalue weighted by Crippen LogP contribution is 2.29. The summed E-state index contributed by atoms with van der Waals surface area (Å²) in [6, 6.07) is 0. The second-order valence-corrected chi connectivity index (χ2v) is 9.16. The van der Waals surface area contributed by atoms with Gasteiger partial charge in [-0.05, 0) is 65.7 Å². The molecule has 0 heterocycles. The van der Waals surface area contributed by atoms with Gasteiger partial charge in [0.15, 0.2) is 0 Å². The molecule has 0 aromatic heterocycles. The first-order valence-corrected chi connectivity index (χ1v) is 9.95.